The number of ether oxygens (including phenoxy) is 1. The minimum absolute atomic E-state index is 0.0486. The molecule has 0 radical (unpaired) electrons. The number of nitrogens with two attached hydrogens (primary N) is 1. The molecule has 4 aromatic rings. The third kappa shape index (κ3) is 3.98. The number of hydrogen-bond acceptors (Lipinski definition) is 7. The highest BCUT2D eigenvalue weighted by atomic mass is 19.4. The second kappa shape index (κ2) is 7.74. The van der Waals surface area contributed by atoms with Crippen molar-refractivity contribution in [3.8, 4) is 5.75 Å². The number of methoxy groups -OCH3 is 1. The van der Waals surface area contributed by atoms with Crippen LogP contribution < -0.4 is 15.4 Å². The number of alkyl halides is 3. The number of fused-ring (bicyclic) bond motifs is 3. The Labute approximate surface area is 184 Å². The van der Waals surface area contributed by atoms with Crippen molar-refractivity contribution in [3.63, 3.8) is 0 Å². The third-order valence-electron chi connectivity index (χ3n) is 5.70. The van der Waals surface area contributed by atoms with E-state index in [0.29, 0.717) is 41.2 Å². The fourth-order valence-corrected chi connectivity index (χ4v) is 4.19. The summed E-state index contributed by atoms with van der Waals surface area (Å²) in [6.45, 7) is 0.0419. The van der Waals surface area contributed by atoms with Gasteiger partial charge in [-0.15, -0.1) is 5.10 Å². The highest BCUT2D eigenvalue weighted by Gasteiger charge is 2.30. The normalized spacial score (nSPS) is 17.2. The van der Waals surface area contributed by atoms with E-state index in [1.807, 2.05) is 4.90 Å². The van der Waals surface area contributed by atoms with Gasteiger partial charge in [-0.3, -0.25) is 4.68 Å². The molecule has 33 heavy (non-hydrogen) atoms. The second-order valence-electron chi connectivity index (χ2n) is 7.98. The number of piperidine rings is 1. The monoisotopic (exact) mass is 464 g/mol. The molecule has 1 aliphatic heterocycles. The maximum absolute atomic E-state index is 14.3. The Balaban J connectivity index is 1.46. The first-order valence-corrected chi connectivity index (χ1v) is 10.3. The van der Waals surface area contributed by atoms with Gasteiger partial charge in [-0.1, -0.05) is 0 Å². The number of anilines is 2. The molecule has 1 fully saturated rings. The van der Waals surface area contributed by atoms with Gasteiger partial charge in [-0.25, -0.2) is 14.4 Å². The van der Waals surface area contributed by atoms with Crippen LogP contribution in [0.25, 0.3) is 16.6 Å². The van der Waals surface area contributed by atoms with E-state index in [4.69, 9.17) is 10.5 Å². The standard InChI is InChI=1S/C20H20F4N8O/c1-33-16-6-15-13(5-14(16)21)18-28-17(29-32(18)19(25)27-15)11-3-2-4-30(8-11)12-7-26-31(9-12)10-20(22,23)24/h5-7,9,11H,2-4,8,10H2,1H3,(H2,25,27)/t11-/m1/s1. The molecule has 1 aromatic carbocycles. The maximum Gasteiger partial charge on any atom is 0.408 e. The summed E-state index contributed by atoms with van der Waals surface area (Å²) in [6, 6.07) is 2.74. The van der Waals surface area contributed by atoms with Crippen LogP contribution in [0.15, 0.2) is 24.5 Å². The lowest BCUT2D eigenvalue weighted by atomic mass is 9.97. The average Bonchev–Trinajstić information content (AvgIpc) is 3.41. The Morgan fingerprint density at radius 1 is 1.24 bits per heavy atom. The van der Waals surface area contributed by atoms with E-state index in [2.05, 4.69) is 20.2 Å². The predicted octanol–water partition coefficient (Wildman–Crippen LogP) is 3.15. The minimum Gasteiger partial charge on any atom is -0.494 e. The first-order valence-electron chi connectivity index (χ1n) is 10.3. The fourth-order valence-electron chi connectivity index (χ4n) is 4.19. The van der Waals surface area contributed by atoms with Crippen LogP contribution >= 0.6 is 0 Å². The molecule has 0 unspecified atom stereocenters. The molecule has 9 nitrogen and oxygen atoms in total. The van der Waals surface area contributed by atoms with Gasteiger partial charge < -0.3 is 15.4 Å². The Morgan fingerprint density at radius 2 is 2.06 bits per heavy atom. The molecule has 0 spiro atoms. The van der Waals surface area contributed by atoms with Crippen LogP contribution in [0.3, 0.4) is 0 Å². The van der Waals surface area contributed by atoms with Crippen LogP contribution in [-0.4, -0.2) is 55.7 Å². The van der Waals surface area contributed by atoms with Gasteiger partial charge in [0.2, 0.25) is 5.95 Å². The number of nitrogens with zero attached hydrogens (tertiary/aromatic N) is 7. The molecule has 0 saturated carbocycles. The maximum atomic E-state index is 14.3. The van der Waals surface area contributed by atoms with Gasteiger partial charge in [0.25, 0.3) is 0 Å². The molecule has 0 bridgehead atoms. The zero-order valence-electron chi connectivity index (χ0n) is 17.6. The highest BCUT2D eigenvalue weighted by Crippen LogP contribution is 2.31. The summed E-state index contributed by atoms with van der Waals surface area (Å²) in [5.41, 5.74) is 7.48. The van der Waals surface area contributed by atoms with Gasteiger partial charge >= 0.3 is 6.18 Å². The van der Waals surface area contributed by atoms with Gasteiger partial charge in [0.1, 0.15) is 6.54 Å². The van der Waals surface area contributed by atoms with Crippen LogP contribution in [0.1, 0.15) is 24.6 Å². The van der Waals surface area contributed by atoms with Crippen molar-refractivity contribution in [2.24, 2.45) is 0 Å². The largest absolute Gasteiger partial charge is 0.494 e. The summed E-state index contributed by atoms with van der Waals surface area (Å²) in [5.74, 6) is 0.0167. The van der Waals surface area contributed by atoms with Gasteiger partial charge in [0.15, 0.2) is 23.0 Å². The van der Waals surface area contributed by atoms with Gasteiger partial charge in [0.05, 0.1) is 24.5 Å². The number of benzene rings is 1. The molecule has 13 heteroatoms. The number of aromatic nitrogens is 6. The third-order valence-corrected chi connectivity index (χ3v) is 5.70. The zero-order chi connectivity index (χ0) is 23.3. The van der Waals surface area contributed by atoms with E-state index in [9.17, 15) is 17.6 Å². The molecule has 1 atom stereocenters. The van der Waals surface area contributed by atoms with Crippen LogP contribution in [0, 0.1) is 5.82 Å². The molecule has 0 amide bonds. The van der Waals surface area contributed by atoms with E-state index >= 15 is 0 Å². The van der Waals surface area contributed by atoms with Crippen molar-refractivity contribution in [1.29, 1.82) is 0 Å². The topological polar surface area (TPSA) is 99.4 Å². The molecule has 1 aliphatic rings. The van der Waals surface area contributed by atoms with Crippen LogP contribution in [0.4, 0.5) is 29.2 Å². The van der Waals surface area contributed by atoms with E-state index in [1.165, 1.54) is 36.2 Å². The Morgan fingerprint density at radius 3 is 2.82 bits per heavy atom. The predicted molar refractivity (Wildman–Crippen MR) is 112 cm³/mol. The van der Waals surface area contributed by atoms with E-state index in [1.54, 1.807) is 0 Å². The molecular formula is C20H20F4N8O. The first kappa shape index (κ1) is 21.2. The Bertz CT molecular complexity index is 1330. The van der Waals surface area contributed by atoms with E-state index in [0.717, 1.165) is 17.5 Å². The van der Waals surface area contributed by atoms with Crippen molar-refractivity contribution >= 4 is 28.2 Å². The summed E-state index contributed by atoms with van der Waals surface area (Å²) in [5, 5.41) is 8.78. The molecular weight excluding hydrogens is 444 g/mol. The Hall–Kier alpha value is -3.64. The number of hydrogen-bond donors (Lipinski definition) is 1. The van der Waals surface area contributed by atoms with Crippen molar-refractivity contribution < 1.29 is 22.3 Å². The Kier molecular flexibility index (Phi) is 4.98. The van der Waals surface area contributed by atoms with Crippen LogP contribution in [0.5, 0.6) is 5.75 Å². The van der Waals surface area contributed by atoms with Crippen molar-refractivity contribution in [3.05, 3.63) is 36.2 Å². The van der Waals surface area contributed by atoms with Crippen molar-refractivity contribution in [1.82, 2.24) is 29.4 Å². The smallest absolute Gasteiger partial charge is 0.408 e. The molecule has 0 aliphatic carbocycles. The lowest BCUT2D eigenvalue weighted by Crippen LogP contribution is -2.34. The highest BCUT2D eigenvalue weighted by molar-refractivity contribution is 5.93. The fraction of sp³-hybridized carbons (Fsp3) is 0.400. The van der Waals surface area contributed by atoms with Crippen molar-refractivity contribution in [2.45, 2.75) is 31.5 Å². The summed E-state index contributed by atoms with van der Waals surface area (Å²) in [6.07, 6.45) is 0.0618. The van der Waals surface area contributed by atoms with E-state index < -0.39 is 18.5 Å². The second-order valence-corrected chi connectivity index (χ2v) is 7.98. The summed E-state index contributed by atoms with van der Waals surface area (Å²) in [7, 11) is 1.36. The molecule has 1 saturated heterocycles. The number of rotatable bonds is 4. The molecule has 3 aromatic heterocycles. The first-order chi connectivity index (χ1) is 15.7. The quantitative estimate of drug-likeness (QED) is 0.463. The molecule has 174 valence electrons. The molecule has 4 heterocycles. The van der Waals surface area contributed by atoms with E-state index in [-0.39, 0.29) is 17.6 Å². The number of halogens is 4. The van der Waals surface area contributed by atoms with Crippen LogP contribution in [-0.2, 0) is 6.54 Å². The van der Waals surface area contributed by atoms with Gasteiger partial charge in [-0.2, -0.15) is 22.8 Å². The van der Waals surface area contributed by atoms with Gasteiger partial charge in [0, 0.05) is 36.7 Å². The summed E-state index contributed by atoms with van der Waals surface area (Å²) >= 11 is 0. The number of nitrogen functional groups attached to an aromatic ring is 1. The van der Waals surface area contributed by atoms with Crippen LogP contribution in [0.2, 0.25) is 0 Å². The zero-order valence-corrected chi connectivity index (χ0v) is 17.6. The molecule has 5 rings (SSSR count). The average molecular weight is 464 g/mol. The SMILES string of the molecule is COc1cc2nc(N)n3nc([C@@H]4CCCN(c5cnn(CC(F)(F)F)c5)C4)nc3c2cc1F. The summed E-state index contributed by atoms with van der Waals surface area (Å²) < 4.78 is 59.5. The van der Waals surface area contributed by atoms with Crippen molar-refractivity contribution in [2.75, 3.05) is 30.8 Å². The lowest BCUT2D eigenvalue weighted by molar-refractivity contribution is -0.142. The lowest BCUT2D eigenvalue weighted by Gasteiger charge is -2.32. The molecule has 2 N–H and O–H groups in total. The summed E-state index contributed by atoms with van der Waals surface area (Å²) in [4.78, 5) is 10.9. The van der Waals surface area contributed by atoms with Gasteiger partial charge in [-0.05, 0) is 18.9 Å². The minimum atomic E-state index is -4.34.